The first-order chi connectivity index (χ1) is 7.17. The minimum atomic E-state index is 0.0503. The molecule has 3 nitrogen and oxygen atoms in total. The van der Waals surface area contributed by atoms with Crippen LogP contribution in [0.2, 0.25) is 0 Å². The van der Waals surface area contributed by atoms with E-state index in [9.17, 15) is 4.79 Å². The molecule has 0 fully saturated rings. The second kappa shape index (κ2) is 5.39. The number of nitrogens with one attached hydrogen (secondary N) is 2. The highest BCUT2D eigenvalue weighted by molar-refractivity contribution is 5.91. The van der Waals surface area contributed by atoms with Gasteiger partial charge >= 0.3 is 0 Å². The summed E-state index contributed by atoms with van der Waals surface area (Å²) < 4.78 is 0. The van der Waals surface area contributed by atoms with Crippen molar-refractivity contribution in [1.82, 2.24) is 0 Å². The van der Waals surface area contributed by atoms with Gasteiger partial charge in [-0.2, -0.15) is 0 Å². The van der Waals surface area contributed by atoms with E-state index < -0.39 is 0 Å². The van der Waals surface area contributed by atoms with Crippen LogP contribution in [-0.4, -0.2) is 12.5 Å². The maximum atomic E-state index is 11.2. The van der Waals surface area contributed by atoms with Gasteiger partial charge < -0.3 is 10.6 Å². The molecule has 0 bridgehead atoms. The Labute approximate surface area is 90.9 Å². The molecule has 3 heteroatoms. The van der Waals surface area contributed by atoms with Crippen LogP contribution in [0.15, 0.2) is 18.2 Å². The van der Waals surface area contributed by atoms with Gasteiger partial charge in [-0.25, -0.2) is 0 Å². The van der Waals surface area contributed by atoms with Crippen molar-refractivity contribution < 1.29 is 4.79 Å². The van der Waals surface area contributed by atoms with Crippen LogP contribution < -0.4 is 10.6 Å². The van der Waals surface area contributed by atoms with Crippen molar-refractivity contribution in [3.8, 4) is 0 Å². The molecule has 82 valence electrons. The molecule has 0 saturated heterocycles. The summed E-state index contributed by atoms with van der Waals surface area (Å²) in [5, 5.41) is 6.09. The van der Waals surface area contributed by atoms with E-state index in [2.05, 4.69) is 17.6 Å². The number of aryl methyl sites for hydroxylation is 1. The summed E-state index contributed by atoms with van der Waals surface area (Å²) in [5.41, 5.74) is 3.06. The molecule has 0 atom stereocenters. The van der Waals surface area contributed by atoms with Gasteiger partial charge in [-0.15, -0.1) is 0 Å². The lowest BCUT2D eigenvalue weighted by Gasteiger charge is -2.10. The van der Waals surface area contributed by atoms with Gasteiger partial charge in [-0.05, 0) is 37.6 Å². The molecule has 0 heterocycles. The molecule has 1 amide bonds. The van der Waals surface area contributed by atoms with Crippen LogP contribution in [0.25, 0.3) is 0 Å². The van der Waals surface area contributed by atoms with Gasteiger partial charge in [-0.3, -0.25) is 4.79 Å². The molecular weight excluding hydrogens is 188 g/mol. The monoisotopic (exact) mass is 206 g/mol. The summed E-state index contributed by atoms with van der Waals surface area (Å²) in [7, 11) is 0. The molecular formula is C12H18N2O. The molecule has 0 saturated carbocycles. The van der Waals surface area contributed by atoms with Crippen molar-refractivity contribution >= 4 is 17.3 Å². The summed E-state index contributed by atoms with van der Waals surface area (Å²) in [6, 6.07) is 5.94. The highest BCUT2D eigenvalue weighted by Crippen LogP contribution is 2.19. The van der Waals surface area contributed by atoms with Crippen molar-refractivity contribution in [1.29, 1.82) is 0 Å². The van der Waals surface area contributed by atoms with Gasteiger partial charge in [0.2, 0.25) is 5.91 Å². The number of hydrogen-bond donors (Lipinski definition) is 2. The van der Waals surface area contributed by atoms with E-state index in [1.807, 2.05) is 32.0 Å². The van der Waals surface area contributed by atoms with E-state index in [0.717, 1.165) is 23.5 Å². The van der Waals surface area contributed by atoms with E-state index >= 15 is 0 Å². The number of anilines is 2. The maximum absolute atomic E-state index is 11.2. The molecule has 0 aliphatic heterocycles. The van der Waals surface area contributed by atoms with E-state index in [1.165, 1.54) is 0 Å². The maximum Gasteiger partial charge on any atom is 0.224 e. The van der Waals surface area contributed by atoms with Crippen LogP contribution in [-0.2, 0) is 4.79 Å². The third-order valence-electron chi connectivity index (χ3n) is 2.20. The van der Waals surface area contributed by atoms with Gasteiger partial charge in [-0.1, -0.05) is 6.92 Å². The Morgan fingerprint density at radius 3 is 2.60 bits per heavy atom. The van der Waals surface area contributed by atoms with Crippen molar-refractivity contribution in [3.05, 3.63) is 23.8 Å². The molecule has 0 aliphatic carbocycles. The molecule has 0 radical (unpaired) electrons. The normalized spacial score (nSPS) is 9.80. The van der Waals surface area contributed by atoms with Gasteiger partial charge in [0.15, 0.2) is 0 Å². The Bertz CT molecular complexity index is 347. The topological polar surface area (TPSA) is 41.1 Å². The summed E-state index contributed by atoms with van der Waals surface area (Å²) in [5.74, 6) is 0.0503. The number of carbonyl (C=O) groups excluding carboxylic acids is 1. The zero-order chi connectivity index (χ0) is 11.3. The lowest BCUT2D eigenvalue weighted by atomic mass is 10.1. The van der Waals surface area contributed by atoms with Crippen molar-refractivity contribution in [2.75, 3.05) is 17.2 Å². The average molecular weight is 206 g/mol. The van der Waals surface area contributed by atoms with Crippen LogP contribution >= 0.6 is 0 Å². The number of benzene rings is 1. The van der Waals surface area contributed by atoms with Crippen LogP contribution in [0.4, 0.5) is 11.4 Å². The van der Waals surface area contributed by atoms with Crippen molar-refractivity contribution in [3.63, 3.8) is 0 Å². The summed E-state index contributed by atoms with van der Waals surface area (Å²) >= 11 is 0. The minimum Gasteiger partial charge on any atom is -0.385 e. The highest BCUT2D eigenvalue weighted by atomic mass is 16.1. The van der Waals surface area contributed by atoms with Crippen LogP contribution in [0.3, 0.4) is 0 Å². The largest absolute Gasteiger partial charge is 0.385 e. The molecule has 15 heavy (non-hydrogen) atoms. The fourth-order valence-corrected chi connectivity index (χ4v) is 1.36. The Morgan fingerprint density at radius 2 is 2.07 bits per heavy atom. The second-order valence-electron chi connectivity index (χ2n) is 3.46. The minimum absolute atomic E-state index is 0.0503. The Balaban J connectivity index is 2.78. The zero-order valence-electron chi connectivity index (χ0n) is 9.55. The fraction of sp³-hybridized carbons (Fsp3) is 0.417. The molecule has 1 aromatic rings. The number of hydrogen-bond acceptors (Lipinski definition) is 2. The molecule has 0 aliphatic rings. The van der Waals surface area contributed by atoms with Gasteiger partial charge in [0, 0.05) is 24.3 Å². The lowest BCUT2D eigenvalue weighted by Crippen LogP contribution is -2.10. The molecule has 1 aromatic carbocycles. The van der Waals surface area contributed by atoms with Gasteiger partial charge in [0.25, 0.3) is 0 Å². The van der Waals surface area contributed by atoms with Gasteiger partial charge in [0.05, 0.1) is 0 Å². The predicted molar refractivity (Wildman–Crippen MR) is 64.3 cm³/mol. The smallest absolute Gasteiger partial charge is 0.224 e. The summed E-state index contributed by atoms with van der Waals surface area (Å²) in [6.07, 6.45) is 0.508. The molecule has 1 rings (SSSR count). The van der Waals surface area contributed by atoms with Crippen molar-refractivity contribution in [2.24, 2.45) is 0 Å². The second-order valence-corrected chi connectivity index (χ2v) is 3.46. The first-order valence-corrected chi connectivity index (χ1v) is 5.31. The number of rotatable bonds is 4. The fourth-order valence-electron chi connectivity index (χ4n) is 1.36. The van der Waals surface area contributed by atoms with E-state index in [-0.39, 0.29) is 5.91 Å². The average Bonchev–Trinajstić information content (AvgIpc) is 2.22. The third kappa shape index (κ3) is 3.27. The van der Waals surface area contributed by atoms with Crippen LogP contribution in [0.1, 0.15) is 25.8 Å². The van der Waals surface area contributed by atoms with Crippen molar-refractivity contribution in [2.45, 2.75) is 27.2 Å². The predicted octanol–water partition coefficient (Wildman–Crippen LogP) is 2.78. The van der Waals surface area contributed by atoms with E-state index in [4.69, 9.17) is 0 Å². The first-order valence-electron chi connectivity index (χ1n) is 5.31. The lowest BCUT2D eigenvalue weighted by molar-refractivity contribution is -0.115. The molecule has 2 N–H and O–H groups in total. The summed E-state index contributed by atoms with van der Waals surface area (Å²) in [4.78, 5) is 11.2. The van der Waals surface area contributed by atoms with E-state index in [1.54, 1.807) is 0 Å². The van der Waals surface area contributed by atoms with Crippen LogP contribution in [0.5, 0.6) is 0 Å². The molecule has 0 unspecified atom stereocenters. The quantitative estimate of drug-likeness (QED) is 0.795. The Hall–Kier alpha value is -1.51. The molecule has 0 spiro atoms. The number of amides is 1. The van der Waals surface area contributed by atoms with E-state index in [0.29, 0.717) is 6.42 Å². The summed E-state index contributed by atoms with van der Waals surface area (Å²) in [6.45, 7) is 6.80. The van der Waals surface area contributed by atoms with Crippen LogP contribution in [0, 0.1) is 6.92 Å². The standard InChI is InChI=1S/C12H18N2O/c1-4-12(15)14-11-7-6-10(13-5-2)8-9(11)3/h6-8,13H,4-5H2,1-3H3,(H,14,15). The highest BCUT2D eigenvalue weighted by Gasteiger charge is 2.02. The SMILES string of the molecule is CCNc1ccc(NC(=O)CC)c(C)c1. The van der Waals surface area contributed by atoms with Gasteiger partial charge in [0.1, 0.15) is 0 Å². The first kappa shape index (κ1) is 11.6. The number of carbonyl (C=O) groups is 1. The Morgan fingerprint density at radius 1 is 1.33 bits per heavy atom. The Kier molecular flexibility index (Phi) is 4.16. The zero-order valence-corrected chi connectivity index (χ0v) is 9.55. The molecule has 0 aromatic heterocycles. The third-order valence-corrected chi connectivity index (χ3v) is 2.20.